The van der Waals surface area contributed by atoms with E-state index in [0.29, 0.717) is 0 Å². The Bertz CT molecular complexity index is 1320. The van der Waals surface area contributed by atoms with Gasteiger partial charge in [-0.05, 0) is 0 Å². The van der Waals surface area contributed by atoms with Crippen molar-refractivity contribution in [3.63, 3.8) is 0 Å². The van der Waals surface area contributed by atoms with Gasteiger partial charge in [0.25, 0.3) is 0 Å². The average molecular weight is 433 g/mol. The van der Waals surface area contributed by atoms with E-state index in [2.05, 4.69) is 9.97 Å². The minimum absolute atomic E-state index is 0.688. The second-order valence-corrected chi connectivity index (χ2v) is 5.82. The summed E-state index contributed by atoms with van der Waals surface area (Å²) in [6.07, 6.45) is 0. The van der Waals surface area contributed by atoms with Gasteiger partial charge in [0.1, 0.15) is 22.4 Å². The van der Waals surface area contributed by atoms with E-state index in [1.807, 2.05) is 5.32 Å². The summed E-state index contributed by atoms with van der Waals surface area (Å²) >= 11 is 0. The van der Waals surface area contributed by atoms with Crippen molar-refractivity contribution in [1.82, 2.24) is 9.97 Å². The number of nitrogens with zero attached hydrogens (tertiary/aromatic N) is 2. The molecule has 15 nitrogen and oxygen atoms in total. The molecular weight excluding hydrogens is 426 g/mol. The van der Waals surface area contributed by atoms with Gasteiger partial charge in [-0.25, -0.2) is 38.7 Å². The van der Waals surface area contributed by atoms with Gasteiger partial charge in [0, 0.05) is 0 Å². The predicted molar refractivity (Wildman–Crippen MR) is 93.2 cm³/mol. The average Bonchev–Trinajstić information content (AvgIpc) is 2.65. The Morgan fingerprint density at radius 3 is 1.55 bits per heavy atom. The number of rotatable bonds is 6. The van der Waals surface area contributed by atoms with Crippen molar-refractivity contribution in [2.45, 2.75) is 0 Å². The number of pyridine rings is 2. The van der Waals surface area contributed by atoms with Crippen LogP contribution in [0.2, 0.25) is 0 Å². The summed E-state index contributed by atoms with van der Waals surface area (Å²) in [6, 6.07) is 0. The Hall–Kier alpha value is -5.08. The van der Waals surface area contributed by atoms with Gasteiger partial charge in [0.15, 0.2) is 11.4 Å². The van der Waals surface area contributed by atoms with E-state index in [1.54, 1.807) is 0 Å². The summed E-state index contributed by atoms with van der Waals surface area (Å²) in [6.45, 7) is 0. The minimum Gasteiger partial charge on any atom is -0.478 e. The molecule has 0 bridgehead atoms. The molecule has 0 amide bonds. The number of aliphatic carboxylic acids is 2. The summed E-state index contributed by atoms with van der Waals surface area (Å²) in [5.41, 5.74) is -9.71. The van der Waals surface area contributed by atoms with Gasteiger partial charge in [-0.15, -0.1) is 0 Å². The molecule has 0 aromatic carbocycles. The van der Waals surface area contributed by atoms with E-state index in [9.17, 15) is 59.4 Å². The van der Waals surface area contributed by atoms with E-state index in [4.69, 9.17) is 0 Å². The third-order valence-corrected chi connectivity index (χ3v) is 4.13. The van der Waals surface area contributed by atoms with Gasteiger partial charge in [0.2, 0.25) is 0 Å². The fourth-order valence-electron chi connectivity index (χ4n) is 3.03. The number of aromatic carboxylic acids is 4. The van der Waals surface area contributed by atoms with Crippen LogP contribution in [0, 0.1) is 0 Å². The van der Waals surface area contributed by atoms with Crippen LogP contribution < -0.4 is 5.32 Å². The number of hydrogen-bond acceptors (Lipinski definition) is 9. The Morgan fingerprint density at radius 2 is 1.13 bits per heavy atom. The maximum absolute atomic E-state index is 11.7. The molecule has 3 heterocycles. The third kappa shape index (κ3) is 2.92. The standard InChI is InChI=1S/C16H7N3O12/c20-11(21)2-5-1-6(18-8(2)14(26)27)3(12(22)23)10(16(30)31)19-7(1)4(13(24)25)9(17-5)15(28)29/h17H,(H,20,21)(H,22,23)(H,24,25)(H,26,27)(H,28,29)(H,30,31). The molecule has 1 aliphatic heterocycles. The number of carbonyl (C=O) groups is 6. The van der Waals surface area contributed by atoms with Gasteiger partial charge >= 0.3 is 35.8 Å². The van der Waals surface area contributed by atoms with Crippen LogP contribution in [-0.4, -0.2) is 76.4 Å². The maximum Gasteiger partial charge on any atom is 0.355 e. The number of anilines is 1. The van der Waals surface area contributed by atoms with Crippen molar-refractivity contribution in [1.29, 1.82) is 0 Å². The molecular formula is C16H7N3O12. The quantitative estimate of drug-likeness (QED) is 0.309. The van der Waals surface area contributed by atoms with Crippen molar-refractivity contribution in [2.75, 3.05) is 5.32 Å². The predicted octanol–water partition coefficient (Wildman–Crippen LogP) is -0.272. The second-order valence-electron chi connectivity index (χ2n) is 5.82. The van der Waals surface area contributed by atoms with Gasteiger partial charge < -0.3 is 36.0 Å². The molecule has 158 valence electrons. The highest BCUT2D eigenvalue weighted by atomic mass is 16.4. The van der Waals surface area contributed by atoms with Crippen LogP contribution in [0.3, 0.4) is 0 Å². The molecule has 0 atom stereocenters. The van der Waals surface area contributed by atoms with E-state index >= 15 is 0 Å². The Morgan fingerprint density at radius 1 is 0.613 bits per heavy atom. The molecule has 1 aliphatic rings. The molecule has 2 aromatic rings. The summed E-state index contributed by atoms with van der Waals surface area (Å²) in [5, 5.41) is 57.8. The van der Waals surface area contributed by atoms with E-state index in [0.717, 1.165) is 0 Å². The lowest BCUT2D eigenvalue weighted by molar-refractivity contribution is -0.134. The molecule has 0 aliphatic carbocycles. The highest BCUT2D eigenvalue weighted by Gasteiger charge is 2.39. The van der Waals surface area contributed by atoms with Gasteiger partial charge in [-0.2, -0.15) is 0 Å². The highest BCUT2D eigenvalue weighted by Crippen LogP contribution is 2.41. The van der Waals surface area contributed by atoms with E-state index < -0.39 is 91.9 Å². The minimum atomic E-state index is -1.97. The van der Waals surface area contributed by atoms with Crippen LogP contribution in [-0.2, 0) is 9.59 Å². The van der Waals surface area contributed by atoms with Crippen LogP contribution in [0.25, 0.3) is 16.5 Å². The lowest BCUT2D eigenvalue weighted by Gasteiger charge is -2.23. The third-order valence-electron chi connectivity index (χ3n) is 4.13. The molecule has 0 saturated heterocycles. The molecule has 0 unspecified atom stereocenters. The smallest absolute Gasteiger partial charge is 0.355 e. The Kier molecular flexibility index (Phi) is 4.50. The maximum atomic E-state index is 11.7. The van der Waals surface area contributed by atoms with Crippen LogP contribution in [0.1, 0.15) is 47.4 Å². The fraction of sp³-hybridized carbons (Fsp3) is 0. The summed E-state index contributed by atoms with van der Waals surface area (Å²) in [4.78, 5) is 76.8. The molecule has 0 radical (unpaired) electrons. The summed E-state index contributed by atoms with van der Waals surface area (Å²) < 4.78 is 0. The first-order chi connectivity index (χ1) is 14.4. The summed E-state index contributed by atoms with van der Waals surface area (Å²) in [7, 11) is 0. The molecule has 31 heavy (non-hydrogen) atoms. The monoisotopic (exact) mass is 433 g/mol. The zero-order valence-corrected chi connectivity index (χ0v) is 14.5. The van der Waals surface area contributed by atoms with Crippen molar-refractivity contribution < 1.29 is 59.4 Å². The number of aromatic nitrogens is 2. The van der Waals surface area contributed by atoms with Crippen LogP contribution in [0.4, 0.5) is 5.69 Å². The van der Waals surface area contributed by atoms with Crippen LogP contribution >= 0.6 is 0 Å². The number of carboxylic acid groups (broad SMARTS) is 6. The largest absolute Gasteiger partial charge is 0.478 e. The molecule has 0 spiro atoms. The first-order valence-corrected chi connectivity index (χ1v) is 7.71. The second kappa shape index (κ2) is 6.76. The molecule has 15 heteroatoms. The van der Waals surface area contributed by atoms with Gasteiger partial charge in [-0.1, -0.05) is 0 Å². The first-order valence-electron chi connectivity index (χ1n) is 7.71. The topological polar surface area (TPSA) is 262 Å². The zero-order valence-electron chi connectivity index (χ0n) is 14.5. The summed E-state index contributed by atoms with van der Waals surface area (Å²) in [5.74, 6) is -11.7. The van der Waals surface area contributed by atoms with Crippen molar-refractivity contribution >= 4 is 58.0 Å². The molecule has 2 aromatic heterocycles. The first kappa shape index (κ1) is 20.6. The van der Waals surface area contributed by atoms with E-state index in [1.165, 1.54) is 0 Å². The van der Waals surface area contributed by atoms with E-state index in [-0.39, 0.29) is 0 Å². The molecule has 0 saturated carbocycles. The van der Waals surface area contributed by atoms with Crippen molar-refractivity contribution in [3.8, 4) is 0 Å². The zero-order chi connectivity index (χ0) is 23.4. The molecule has 7 N–H and O–H groups in total. The number of nitrogens with one attached hydrogen (secondary N) is 1. The Labute approximate surface area is 167 Å². The van der Waals surface area contributed by atoms with Gasteiger partial charge in [0.05, 0.1) is 22.3 Å². The fourth-order valence-corrected chi connectivity index (χ4v) is 3.03. The molecule has 3 rings (SSSR count). The highest BCUT2D eigenvalue weighted by molar-refractivity contribution is 6.31. The lowest BCUT2D eigenvalue weighted by Crippen LogP contribution is -2.27. The van der Waals surface area contributed by atoms with Crippen molar-refractivity contribution in [3.05, 3.63) is 33.9 Å². The van der Waals surface area contributed by atoms with Crippen LogP contribution in [0.5, 0.6) is 0 Å². The normalized spacial score (nSPS) is 12.3. The number of carboxylic acids is 6. The van der Waals surface area contributed by atoms with Gasteiger partial charge in [-0.3, -0.25) is 0 Å². The molecule has 0 fully saturated rings. The Balaban J connectivity index is 2.76. The number of hydrogen-bond donors (Lipinski definition) is 7. The lowest BCUT2D eigenvalue weighted by atomic mass is 9.93. The SMILES string of the molecule is O=C(O)C1=C(C(=O)O)c2nc(C(=O)O)c(C(=O)O)c3nc(C(=O)O)c(C(=O)O)c(c23)N1. The van der Waals surface area contributed by atoms with Crippen LogP contribution in [0.15, 0.2) is 5.70 Å². The van der Waals surface area contributed by atoms with Crippen molar-refractivity contribution in [2.24, 2.45) is 0 Å².